The molecule has 0 aliphatic heterocycles. The maximum absolute atomic E-state index is 12.4. The van der Waals surface area contributed by atoms with Crippen LogP contribution in [0.2, 0.25) is 0 Å². The van der Waals surface area contributed by atoms with Gasteiger partial charge in [-0.3, -0.25) is 4.79 Å². The van der Waals surface area contributed by atoms with Crippen LogP contribution in [-0.2, 0) is 9.53 Å². The van der Waals surface area contributed by atoms with Gasteiger partial charge in [0.2, 0.25) is 5.75 Å². The summed E-state index contributed by atoms with van der Waals surface area (Å²) in [6.45, 7) is 1.77. The van der Waals surface area contributed by atoms with Gasteiger partial charge in [-0.05, 0) is 24.6 Å². The van der Waals surface area contributed by atoms with E-state index in [-0.39, 0.29) is 5.91 Å². The van der Waals surface area contributed by atoms with Crippen LogP contribution in [0.25, 0.3) is 0 Å². The van der Waals surface area contributed by atoms with Crippen molar-refractivity contribution in [3.63, 3.8) is 0 Å². The molecule has 1 amide bonds. The summed E-state index contributed by atoms with van der Waals surface area (Å²) in [5.74, 6) is 1.14. The van der Waals surface area contributed by atoms with Crippen LogP contribution in [0.15, 0.2) is 47.6 Å². The number of hydrazone groups is 1. The zero-order valence-corrected chi connectivity index (χ0v) is 16.1. The number of ether oxygens (including phenoxy) is 4. The van der Waals surface area contributed by atoms with E-state index in [1.165, 1.54) is 14.2 Å². The first kappa shape index (κ1) is 20.3. The highest BCUT2D eigenvalue weighted by Crippen LogP contribution is 2.38. The molecule has 1 N–H and O–H groups in total. The van der Waals surface area contributed by atoms with Gasteiger partial charge in [0.1, 0.15) is 0 Å². The Kier molecular flexibility index (Phi) is 7.19. The molecule has 0 bridgehead atoms. The lowest BCUT2D eigenvalue weighted by Gasteiger charge is -2.15. The number of hydrogen-bond donors (Lipinski definition) is 1. The van der Waals surface area contributed by atoms with Crippen LogP contribution in [0.4, 0.5) is 0 Å². The van der Waals surface area contributed by atoms with Gasteiger partial charge in [-0.1, -0.05) is 30.3 Å². The van der Waals surface area contributed by atoms with Gasteiger partial charge in [-0.25, -0.2) is 5.43 Å². The number of carbonyl (C=O) groups excluding carboxylic acids is 1. The minimum Gasteiger partial charge on any atom is -0.493 e. The van der Waals surface area contributed by atoms with Crippen molar-refractivity contribution in [2.24, 2.45) is 5.10 Å². The van der Waals surface area contributed by atoms with Crippen LogP contribution >= 0.6 is 0 Å². The summed E-state index contributed by atoms with van der Waals surface area (Å²) in [6, 6.07) is 12.7. The second kappa shape index (κ2) is 9.59. The minimum atomic E-state index is -0.748. The van der Waals surface area contributed by atoms with Crippen LogP contribution in [0, 0.1) is 0 Å². The van der Waals surface area contributed by atoms with Gasteiger partial charge in [0.15, 0.2) is 17.6 Å². The fourth-order valence-corrected chi connectivity index (χ4v) is 2.57. The summed E-state index contributed by atoms with van der Waals surface area (Å²) in [5.41, 5.74) is 4.59. The lowest BCUT2D eigenvalue weighted by atomic mass is 10.1. The smallest absolute Gasteiger partial charge is 0.273 e. The minimum absolute atomic E-state index is 0.365. The third-order valence-electron chi connectivity index (χ3n) is 3.99. The standard InChI is InChI=1S/C20H24N2O5/c1-13(15-11-16(24-2)19(27-5)17(12-15)25-3)21-22-20(23)18(26-4)14-9-7-6-8-10-14/h6-12,18H,1-5H3,(H,22,23)/b21-13+. The molecule has 1 atom stereocenters. The van der Waals surface area contributed by atoms with Crippen LogP contribution in [0.3, 0.4) is 0 Å². The van der Waals surface area contributed by atoms with Crippen molar-refractivity contribution in [1.29, 1.82) is 0 Å². The first-order valence-electron chi connectivity index (χ1n) is 8.28. The van der Waals surface area contributed by atoms with Crippen molar-refractivity contribution < 1.29 is 23.7 Å². The molecule has 27 heavy (non-hydrogen) atoms. The Morgan fingerprint density at radius 1 is 0.963 bits per heavy atom. The van der Waals surface area contributed by atoms with Gasteiger partial charge in [0, 0.05) is 12.7 Å². The molecular weight excluding hydrogens is 348 g/mol. The van der Waals surface area contributed by atoms with Gasteiger partial charge < -0.3 is 18.9 Å². The third kappa shape index (κ3) is 4.77. The molecule has 1 unspecified atom stereocenters. The van der Waals surface area contributed by atoms with E-state index in [2.05, 4.69) is 10.5 Å². The van der Waals surface area contributed by atoms with E-state index < -0.39 is 6.10 Å². The molecule has 0 saturated carbocycles. The van der Waals surface area contributed by atoms with E-state index in [0.29, 0.717) is 23.0 Å². The fraction of sp³-hybridized carbons (Fsp3) is 0.300. The number of methoxy groups -OCH3 is 4. The maximum Gasteiger partial charge on any atom is 0.273 e. The van der Waals surface area contributed by atoms with Crippen LogP contribution in [0.1, 0.15) is 24.2 Å². The second-order valence-corrected chi connectivity index (χ2v) is 5.61. The van der Waals surface area contributed by atoms with E-state index >= 15 is 0 Å². The monoisotopic (exact) mass is 372 g/mol. The van der Waals surface area contributed by atoms with Gasteiger partial charge >= 0.3 is 0 Å². The highest BCUT2D eigenvalue weighted by molar-refractivity contribution is 6.00. The topological polar surface area (TPSA) is 78.4 Å². The molecule has 2 aromatic carbocycles. The average molecular weight is 372 g/mol. The van der Waals surface area contributed by atoms with E-state index in [0.717, 1.165) is 11.1 Å². The van der Waals surface area contributed by atoms with Crippen LogP contribution in [-0.4, -0.2) is 40.1 Å². The molecule has 0 aliphatic carbocycles. The van der Waals surface area contributed by atoms with Crippen molar-refractivity contribution in [2.75, 3.05) is 28.4 Å². The lowest BCUT2D eigenvalue weighted by Crippen LogP contribution is -2.27. The number of benzene rings is 2. The van der Waals surface area contributed by atoms with Crippen molar-refractivity contribution in [2.45, 2.75) is 13.0 Å². The molecule has 2 aromatic rings. The first-order chi connectivity index (χ1) is 13.0. The molecule has 7 nitrogen and oxygen atoms in total. The zero-order valence-electron chi connectivity index (χ0n) is 16.1. The Morgan fingerprint density at radius 3 is 2.04 bits per heavy atom. The van der Waals surface area contributed by atoms with Crippen LogP contribution in [0.5, 0.6) is 17.2 Å². The molecule has 0 aliphatic rings. The SMILES string of the molecule is COc1cc(/C(C)=N/NC(=O)C(OC)c2ccccc2)cc(OC)c1OC. The highest BCUT2D eigenvalue weighted by Gasteiger charge is 2.20. The summed E-state index contributed by atoms with van der Waals surface area (Å²) >= 11 is 0. The van der Waals surface area contributed by atoms with Crippen molar-refractivity contribution in [1.82, 2.24) is 5.43 Å². The van der Waals surface area contributed by atoms with E-state index in [1.54, 1.807) is 33.3 Å². The second-order valence-electron chi connectivity index (χ2n) is 5.61. The number of amides is 1. The van der Waals surface area contributed by atoms with Crippen molar-refractivity contribution in [3.8, 4) is 17.2 Å². The van der Waals surface area contributed by atoms with Gasteiger partial charge in [0.05, 0.1) is 27.0 Å². The summed E-state index contributed by atoms with van der Waals surface area (Å²) in [5, 5.41) is 4.18. The molecule has 144 valence electrons. The van der Waals surface area contributed by atoms with Crippen LogP contribution < -0.4 is 19.6 Å². The molecule has 0 spiro atoms. The van der Waals surface area contributed by atoms with Gasteiger partial charge in [-0.2, -0.15) is 5.10 Å². The Morgan fingerprint density at radius 2 is 1.56 bits per heavy atom. The normalized spacial score (nSPS) is 12.3. The first-order valence-corrected chi connectivity index (χ1v) is 8.28. The quantitative estimate of drug-likeness (QED) is 0.569. The third-order valence-corrected chi connectivity index (χ3v) is 3.99. The summed E-state index contributed by atoms with van der Waals surface area (Å²) in [4.78, 5) is 12.4. The average Bonchev–Trinajstić information content (AvgIpc) is 2.72. The van der Waals surface area contributed by atoms with Gasteiger partial charge in [-0.15, -0.1) is 0 Å². The molecule has 0 heterocycles. The lowest BCUT2D eigenvalue weighted by molar-refractivity contribution is -0.131. The van der Waals surface area contributed by atoms with Crippen molar-refractivity contribution >= 4 is 11.6 Å². The Balaban J connectivity index is 2.23. The van der Waals surface area contributed by atoms with E-state index in [9.17, 15) is 4.79 Å². The Hall–Kier alpha value is -3.06. The number of carbonyl (C=O) groups is 1. The number of nitrogens with one attached hydrogen (secondary N) is 1. The summed E-state index contributed by atoms with van der Waals surface area (Å²) < 4.78 is 21.3. The highest BCUT2D eigenvalue weighted by atomic mass is 16.5. The molecule has 2 rings (SSSR count). The molecule has 7 heteroatoms. The molecule has 0 radical (unpaired) electrons. The number of nitrogens with zero attached hydrogens (tertiary/aromatic N) is 1. The Bertz CT molecular complexity index is 780. The van der Waals surface area contributed by atoms with E-state index in [4.69, 9.17) is 18.9 Å². The number of rotatable bonds is 8. The Labute approximate surface area is 158 Å². The zero-order chi connectivity index (χ0) is 19.8. The molecule has 0 aromatic heterocycles. The molecular formula is C20H24N2O5. The fourth-order valence-electron chi connectivity index (χ4n) is 2.57. The predicted molar refractivity (Wildman–Crippen MR) is 103 cm³/mol. The van der Waals surface area contributed by atoms with Crippen molar-refractivity contribution in [3.05, 3.63) is 53.6 Å². The molecule has 0 saturated heterocycles. The largest absolute Gasteiger partial charge is 0.493 e. The summed E-state index contributed by atoms with van der Waals surface area (Å²) in [7, 11) is 6.10. The van der Waals surface area contributed by atoms with Gasteiger partial charge in [0.25, 0.3) is 5.91 Å². The number of hydrogen-bond acceptors (Lipinski definition) is 6. The van der Waals surface area contributed by atoms with E-state index in [1.807, 2.05) is 30.3 Å². The predicted octanol–water partition coefficient (Wildman–Crippen LogP) is 2.94. The summed E-state index contributed by atoms with van der Waals surface area (Å²) in [6.07, 6.45) is -0.748. The molecule has 0 fully saturated rings. The maximum atomic E-state index is 12.4.